The maximum Gasteiger partial charge on any atom is 0.345 e. The van der Waals surface area contributed by atoms with Crippen LogP contribution >= 0.6 is 0 Å². The molecule has 0 saturated carbocycles. The van der Waals surface area contributed by atoms with Crippen molar-refractivity contribution in [3.05, 3.63) is 29.0 Å². The molecule has 0 atom stereocenters. The van der Waals surface area contributed by atoms with Crippen molar-refractivity contribution in [1.29, 1.82) is 0 Å². The minimum Gasteiger partial charge on any atom is -0.282 e. The van der Waals surface area contributed by atoms with Crippen LogP contribution in [0, 0.1) is 6.92 Å². The average molecular weight is 153 g/mol. The molecule has 0 spiro atoms. The molecule has 1 aromatic rings. The third-order valence-corrected chi connectivity index (χ3v) is 1.56. The van der Waals surface area contributed by atoms with Crippen molar-refractivity contribution < 1.29 is 0 Å². The molecule has 0 aromatic carbocycles. The normalized spacial score (nSPS) is 10.0. The van der Waals surface area contributed by atoms with E-state index in [1.807, 2.05) is 0 Å². The van der Waals surface area contributed by atoms with Gasteiger partial charge in [-0.1, -0.05) is 6.08 Å². The van der Waals surface area contributed by atoms with Gasteiger partial charge in [-0.25, -0.2) is 9.48 Å². The number of aryl methyl sites for hydroxylation is 1. The van der Waals surface area contributed by atoms with Gasteiger partial charge in [-0.2, -0.15) is 5.10 Å². The Balaban J connectivity index is 3.18. The Labute approximate surface area is 64.8 Å². The minimum atomic E-state index is -0.0950. The Morgan fingerprint density at radius 3 is 2.73 bits per heavy atom. The first kappa shape index (κ1) is 7.78. The lowest BCUT2D eigenvalue weighted by molar-refractivity contribution is 0.659. The molecular weight excluding hydrogens is 142 g/mol. The number of aromatic nitrogens is 3. The van der Waals surface area contributed by atoms with Crippen molar-refractivity contribution >= 4 is 0 Å². The lowest BCUT2D eigenvalue weighted by Crippen LogP contribution is -2.22. The van der Waals surface area contributed by atoms with Gasteiger partial charge < -0.3 is 0 Å². The highest BCUT2D eigenvalue weighted by atomic mass is 16.2. The summed E-state index contributed by atoms with van der Waals surface area (Å²) in [7, 11) is 1.70. The molecule has 60 valence electrons. The summed E-state index contributed by atoms with van der Waals surface area (Å²) in [5, 5.41) is 4.00. The first-order valence-corrected chi connectivity index (χ1v) is 3.38. The zero-order valence-electron chi connectivity index (χ0n) is 6.74. The van der Waals surface area contributed by atoms with Crippen LogP contribution in [0.3, 0.4) is 0 Å². The fourth-order valence-corrected chi connectivity index (χ4v) is 0.837. The molecule has 1 aromatic heterocycles. The second-order valence-electron chi connectivity index (χ2n) is 2.36. The number of allylic oxidation sites excluding steroid dienone is 1. The van der Waals surface area contributed by atoms with Crippen LogP contribution in [0.4, 0.5) is 0 Å². The fraction of sp³-hybridized carbons (Fsp3) is 0.429. The largest absolute Gasteiger partial charge is 0.345 e. The van der Waals surface area contributed by atoms with Crippen LogP contribution in [0.15, 0.2) is 17.4 Å². The number of hydrogen-bond donors (Lipinski definition) is 0. The zero-order chi connectivity index (χ0) is 8.43. The van der Waals surface area contributed by atoms with E-state index >= 15 is 0 Å². The van der Waals surface area contributed by atoms with Crippen LogP contribution in [-0.2, 0) is 13.6 Å². The first-order chi connectivity index (χ1) is 5.16. The maximum atomic E-state index is 11.2. The van der Waals surface area contributed by atoms with E-state index < -0.39 is 0 Å². The molecule has 1 heterocycles. The van der Waals surface area contributed by atoms with Gasteiger partial charge in [0.2, 0.25) is 0 Å². The second kappa shape index (κ2) is 2.74. The van der Waals surface area contributed by atoms with E-state index in [2.05, 4.69) is 11.7 Å². The summed E-state index contributed by atoms with van der Waals surface area (Å²) < 4.78 is 2.88. The summed E-state index contributed by atoms with van der Waals surface area (Å²) in [5.74, 6) is 0.719. The van der Waals surface area contributed by atoms with Crippen molar-refractivity contribution in [1.82, 2.24) is 14.3 Å². The molecule has 1 rings (SSSR count). The number of hydrogen-bond acceptors (Lipinski definition) is 2. The Morgan fingerprint density at radius 1 is 1.73 bits per heavy atom. The molecule has 0 radical (unpaired) electrons. The van der Waals surface area contributed by atoms with Crippen molar-refractivity contribution in [3.8, 4) is 0 Å². The van der Waals surface area contributed by atoms with Gasteiger partial charge in [0, 0.05) is 7.05 Å². The molecule has 4 nitrogen and oxygen atoms in total. The lowest BCUT2D eigenvalue weighted by Gasteiger charge is -1.88. The molecule has 0 aliphatic rings. The summed E-state index contributed by atoms with van der Waals surface area (Å²) >= 11 is 0. The molecule has 0 amide bonds. The molecule has 0 saturated heterocycles. The quantitative estimate of drug-likeness (QED) is 0.564. The molecule has 4 heteroatoms. The maximum absolute atomic E-state index is 11.2. The van der Waals surface area contributed by atoms with E-state index in [1.54, 1.807) is 20.0 Å². The number of rotatable bonds is 2. The van der Waals surface area contributed by atoms with Crippen LogP contribution < -0.4 is 5.69 Å². The van der Waals surface area contributed by atoms with Gasteiger partial charge in [-0.05, 0) is 6.92 Å². The molecule has 0 N–H and O–H groups in total. The summed E-state index contributed by atoms with van der Waals surface area (Å²) in [6.45, 7) is 5.79. The van der Waals surface area contributed by atoms with E-state index in [0.29, 0.717) is 6.54 Å². The predicted molar refractivity (Wildman–Crippen MR) is 42.4 cm³/mol. The highest BCUT2D eigenvalue weighted by Crippen LogP contribution is 1.85. The van der Waals surface area contributed by atoms with Gasteiger partial charge in [0.15, 0.2) is 0 Å². The van der Waals surface area contributed by atoms with Gasteiger partial charge in [0.1, 0.15) is 5.82 Å². The number of nitrogens with zero attached hydrogens (tertiary/aromatic N) is 3. The van der Waals surface area contributed by atoms with E-state index in [9.17, 15) is 4.79 Å². The Kier molecular flexibility index (Phi) is 1.94. The molecular formula is C7H11N3O. The van der Waals surface area contributed by atoms with Gasteiger partial charge in [-0.15, -0.1) is 6.58 Å². The van der Waals surface area contributed by atoms with E-state index in [4.69, 9.17) is 0 Å². The van der Waals surface area contributed by atoms with Crippen LogP contribution in [0.5, 0.6) is 0 Å². The van der Waals surface area contributed by atoms with E-state index in [1.165, 1.54) is 9.25 Å². The van der Waals surface area contributed by atoms with Crippen molar-refractivity contribution in [2.24, 2.45) is 7.05 Å². The van der Waals surface area contributed by atoms with Crippen molar-refractivity contribution in [2.75, 3.05) is 0 Å². The van der Waals surface area contributed by atoms with Crippen LogP contribution in [-0.4, -0.2) is 14.3 Å². The molecule has 0 aliphatic carbocycles. The SMILES string of the molecule is C=CCn1nc(C)n(C)c1=O. The van der Waals surface area contributed by atoms with Crippen molar-refractivity contribution in [3.63, 3.8) is 0 Å². The van der Waals surface area contributed by atoms with Crippen molar-refractivity contribution in [2.45, 2.75) is 13.5 Å². The zero-order valence-corrected chi connectivity index (χ0v) is 6.74. The highest BCUT2D eigenvalue weighted by Gasteiger charge is 2.02. The molecule has 11 heavy (non-hydrogen) atoms. The van der Waals surface area contributed by atoms with Crippen LogP contribution in [0.25, 0.3) is 0 Å². The smallest absolute Gasteiger partial charge is 0.282 e. The summed E-state index contributed by atoms with van der Waals surface area (Å²) in [6, 6.07) is 0. The second-order valence-corrected chi connectivity index (χ2v) is 2.36. The van der Waals surface area contributed by atoms with Gasteiger partial charge in [0.05, 0.1) is 6.54 Å². The fourth-order valence-electron chi connectivity index (χ4n) is 0.837. The Bertz CT molecular complexity index is 321. The summed E-state index contributed by atoms with van der Waals surface area (Å²) in [4.78, 5) is 11.2. The van der Waals surface area contributed by atoms with Crippen LogP contribution in [0.1, 0.15) is 5.82 Å². The minimum absolute atomic E-state index is 0.0950. The molecule has 0 bridgehead atoms. The van der Waals surface area contributed by atoms with Gasteiger partial charge in [-0.3, -0.25) is 4.57 Å². The molecule has 0 unspecified atom stereocenters. The molecule has 0 aliphatic heterocycles. The Hall–Kier alpha value is -1.32. The summed E-state index contributed by atoms with van der Waals surface area (Å²) in [6.07, 6.45) is 1.65. The Morgan fingerprint density at radius 2 is 2.36 bits per heavy atom. The lowest BCUT2D eigenvalue weighted by atomic mass is 10.6. The summed E-state index contributed by atoms with van der Waals surface area (Å²) in [5.41, 5.74) is -0.0950. The first-order valence-electron chi connectivity index (χ1n) is 3.38. The third kappa shape index (κ3) is 1.24. The van der Waals surface area contributed by atoms with E-state index in [-0.39, 0.29) is 5.69 Å². The standard InChI is InChI=1S/C7H11N3O/c1-4-5-10-7(11)9(3)6(2)8-10/h4H,1,5H2,2-3H3. The van der Waals surface area contributed by atoms with Gasteiger partial charge >= 0.3 is 5.69 Å². The predicted octanol–water partition coefficient (Wildman–Crippen LogP) is 0.0762. The average Bonchev–Trinajstić information content (AvgIpc) is 2.19. The van der Waals surface area contributed by atoms with E-state index in [0.717, 1.165) is 5.82 Å². The highest BCUT2D eigenvalue weighted by molar-refractivity contribution is 4.83. The van der Waals surface area contributed by atoms with Gasteiger partial charge in [0.25, 0.3) is 0 Å². The third-order valence-electron chi connectivity index (χ3n) is 1.56. The molecule has 0 fully saturated rings. The topological polar surface area (TPSA) is 39.8 Å². The monoisotopic (exact) mass is 153 g/mol. The van der Waals surface area contributed by atoms with Crippen LogP contribution in [0.2, 0.25) is 0 Å².